The van der Waals surface area contributed by atoms with E-state index in [1.165, 1.54) is 38.5 Å². The number of carbonyl (C=O) groups excluding carboxylic acids is 1. The van der Waals surface area contributed by atoms with Crippen LogP contribution in [0.2, 0.25) is 0 Å². The van der Waals surface area contributed by atoms with Crippen molar-refractivity contribution >= 4 is 16.8 Å². The van der Waals surface area contributed by atoms with Crippen LogP contribution < -0.4 is 24.3 Å². The van der Waals surface area contributed by atoms with Crippen molar-refractivity contribution in [2.75, 3.05) is 34.5 Å². The Hall–Kier alpha value is -3.42. The number of nitrogens with one attached hydrogen (secondary N) is 2. The quantitative estimate of drug-likeness (QED) is 0.580. The van der Waals surface area contributed by atoms with Gasteiger partial charge in [-0.3, -0.25) is 4.79 Å². The van der Waals surface area contributed by atoms with Gasteiger partial charge >= 0.3 is 0 Å². The Morgan fingerprint density at radius 3 is 2.39 bits per heavy atom. The molecule has 1 amide bonds. The number of H-pyrrole nitrogens is 1. The number of ether oxygens (including phenoxy) is 4. The van der Waals surface area contributed by atoms with E-state index in [0.717, 1.165) is 0 Å². The molecule has 3 aromatic rings. The van der Waals surface area contributed by atoms with E-state index in [9.17, 15) is 9.18 Å². The van der Waals surface area contributed by atoms with Crippen molar-refractivity contribution in [3.8, 4) is 23.0 Å². The highest BCUT2D eigenvalue weighted by Gasteiger charge is 2.19. The first-order valence-electron chi connectivity index (χ1n) is 8.55. The molecule has 0 aliphatic carbocycles. The van der Waals surface area contributed by atoms with Gasteiger partial charge < -0.3 is 29.2 Å². The molecule has 1 aromatic heterocycles. The van der Waals surface area contributed by atoms with Crippen LogP contribution in [0.1, 0.15) is 10.5 Å². The third-order valence-electron chi connectivity index (χ3n) is 4.15. The molecule has 8 heteroatoms. The van der Waals surface area contributed by atoms with Gasteiger partial charge in [0.15, 0.2) is 11.5 Å². The Balaban J connectivity index is 1.70. The van der Waals surface area contributed by atoms with Crippen LogP contribution in [0.15, 0.2) is 36.4 Å². The summed E-state index contributed by atoms with van der Waals surface area (Å²) in [6.45, 7) is 0.529. The van der Waals surface area contributed by atoms with Crippen LogP contribution in [0.4, 0.5) is 4.39 Å². The van der Waals surface area contributed by atoms with Crippen molar-refractivity contribution in [1.82, 2.24) is 10.3 Å². The predicted octanol–water partition coefficient (Wildman–Crippen LogP) is 3.14. The van der Waals surface area contributed by atoms with E-state index in [-0.39, 0.29) is 24.9 Å². The Morgan fingerprint density at radius 2 is 1.75 bits per heavy atom. The molecule has 3 rings (SSSR count). The second-order valence-corrected chi connectivity index (χ2v) is 5.84. The van der Waals surface area contributed by atoms with E-state index in [1.807, 2.05) is 0 Å². The average molecular weight is 388 g/mol. The molecule has 0 bridgehead atoms. The van der Waals surface area contributed by atoms with Gasteiger partial charge in [-0.15, -0.1) is 0 Å². The Bertz CT molecular complexity index is 969. The van der Waals surface area contributed by atoms with Crippen LogP contribution in [-0.4, -0.2) is 45.4 Å². The summed E-state index contributed by atoms with van der Waals surface area (Å²) in [5, 5.41) is 3.46. The molecule has 0 saturated heterocycles. The fourth-order valence-corrected chi connectivity index (χ4v) is 2.82. The fourth-order valence-electron chi connectivity index (χ4n) is 2.82. The van der Waals surface area contributed by atoms with Gasteiger partial charge in [0.2, 0.25) is 0 Å². The van der Waals surface area contributed by atoms with Gasteiger partial charge in [0.05, 0.1) is 33.4 Å². The predicted molar refractivity (Wildman–Crippen MR) is 102 cm³/mol. The summed E-state index contributed by atoms with van der Waals surface area (Å²) < 4.78 is 34.4. The topological polar surface area (TPSA) is 81.8 Å². The largest absolute Gasteiger partial charge is 0.496 e. The first-order chi connectivity index (χ1) is 13.6. The van der Waals surface area contributed by atoms with Crippen LogP contribution in [0.25, 0.3) is 10.9 Å². The molecule has 2 N–H and O–H groups in total. The van der Waals surface area contributed by atoms with Gasteiger partial charge in [0.25, 0.3) is 5.91 Å². The molecule has 7 nitrogen and oxygen atoms in total. The van der Waals surface area contributed by atoms with Crippen LogP contribution >= 0.6 is 0 Å². The molecule has 0 aliphatic heterocycles. The van der Waals surface area contributed by atoms with Gasteiger partial charge in [-0.05, 0) is 30.3 Å². The summed E-state index contributed by atoms with van der Waals surface area (Å²) in [6, 6.07) is 9.07. The summed E-state index contributed by atoms with van der Waals surface area (Å²) in [6.07, 6.45) is 0. The molecule has 0 atom stereocenters. The number of aromatic amines is 1. The van der Waals surface area contributed by atoms with Crippen LogP contribution in [0.3, 0.4) is 0 Å². The molecule has 28 heavy (non-hydrogen) atoms. The molecule has 0 radical (unpaired) electrons. The van der Waals surface area contributed by atoms with Crippen molar-refractivity contribution < 1.29 is 28.1 Å². The maximum atomic E-state index is 12.9. The molecule has 148 valence electrons. The van der Waals surface area contributed by atoms with Gasteiger partial charge in [0, 0.05) is 11.5 Å². The third-order valence-corrected chi connectivity index (χ3v) is 4.15. The van der Waals surface area contributed by atoms with E-state index in [1.54, 1.807) is 19.2 Å². The lowest BCUT2D eigenvalue weighted by Crippen LogP contribution is -2.28. The molecule has 0 spiro atoms. The molecule has 0 fully saturated rings. The first kappa shape index (κ1) is 19.3. The molecule has 2 aromatic carbocycles. The second kappa shape index (κ2) is 8.51. The number of carbonyl (C=O) groups is 1. The SMILES string of the molecule is COc1cc(OC)c2cc(C(=O)NCCOc3ccc(F)cc3)[nH]c2c1OC. The lowest BCUT2D eigenvalue weighted by molar-refractivity contribution is 0.0943. The van der Waals surface area contributed by atoms with Gasteiger partial charge in [-0.1, -0.05) is 0 Å². The third kappa shape index (κ3) is 3.95. The number of amides is 1. The van der Waals surface area contributed by atoms with E-state index < -0.39 is 0 Å². The zero-order valence-electron chi connectivity index (χ0n) is 15.8. The van der Waals surface area contributed by atoms with Gasteiger partial charge in [-0.25, -0.2) is 4.39 Å². The molecular weight excluding hydrogens is 367 g/mol. The minimum atomic E-state index is -0.332. The lowest BCUT2D eigenvalue weighted by Gasteiger charge is -2.11. The molecule has 0 saturated carbocycles. The van der Waals surface area contributed by atoms with Crippen molar-refractivity contribution in [3.05, 3.63) is 47.9 Å². The maximum absolute atomic E-state index is 12.9. The Morgan fingerprint density at radius 1 is 1.04 bits per heavy atom. The summed E-state index contributed by atoms with van der Waals surface area (Å²) in [4.78, 5) is 15.5. The van der Waals surface area contributed by atoms with E-state index in [4.69, 9.17) is 18.9 Å². The Kier molecular flexibility index (Phi) is 5.88. The minimum Gasteiger partial charge on any atom is -0.496 e. The minimum absolute atomic E-state index is 0.248. The molecule has 0 aliphatic rings. The second-order valence-electron chi connectivity index (χ2n) is 5.84. The highest BCUT2D eigenvalue weighted by molar-refractivity contribution is 6.02. The smallest absolute Gasteiger partial charge is 0.267 e. The number of benzene rings is 2. The van der Waals surface area contributed by atoms with Crippen LogP contribution in [-0.2, 0) is 0 Å². The number of methoxy groups -OCH3 is 3. The van der Waals surface area contributed by atoms with Crippen molar-refractivity contribution in [3.63, 3.8) is 0 Å². The number of fused-ring (bicyclic) bond motifs is 1. The van der Waals surface area contributed by atoms with E-state index in [2.05, 4.69) is 10.3 Å². The number of rotatable bonds is 8. The number of hydrogen-bond donors (Lipinski definition) is 2. The summed E-state index contributed by atoms with van der Waals surface area (Å²) >= 11 is 0. The monoisotopic (exact) mass is 388 g/mol. The zero-order chi connectivity index (χ0) is 20.1. The fraction of sp³-hybridized carbons (Fsp3) is 0.250. The summed E-state index contributed by atoms with van der Waals surface area (Å²) in [5.41, 5.74) is 0.952. The zero-order valence-corrected chi connectivity index (χ0v) is 15.8. The van der Waals surface area contributed by atoms with Crippen LogP contribution in [0.5, 0.6) is 23.0 Å². The van der Waals surface area contributed by atoms with Gasteiger partial charge in [0.1, 0.15) is 29.6 Å². The van der Waals surface area contributed by atoms with Crippen LogP contribution in [0, 0.1) is 5.82 Å². The first-order valence-corrected chi connectivity index (χ1v) is 8.55. The highest BCUT2D eigenvalue weighted by Crippen LogP contribution is 2.41. The average Bonchev–Trinajstić information content (AvgIpc) is 3.16. The number of aromatic nitrogens is 1. The molecular formula is C20H21FN2O5. The molecule has 1 heterocycles. The van der Waals surface area contributed by atoms with Crippen molar-refractivity contribution in [2.45, 2.75) is 0 Å². The lowest BCUT2D eigenvalue weighted by atomic mass is 10.2. The normalized spacial score (nSPS) is 10.6. The standard InChI is InChI=1S/C20H21FN2O5/c1-25-16-11-17(26-2)19(27-3)18-14(16)10-15(23-18)20(24)22-8-9-28-13-6-4-12(21)5-7-13/h4-7,10-11,23H,8-9H2,1-3H3,(H,22,24). The summed E-state index contributed by atoms with van der Waals surface area (Å²) in [5.74, 6) is 1.43. The maximum Gasteiger partial charge on any atom is 0.267 e. The highest BCUT2D eigenvalue weighted by atomic mass is 19.1. The molecule has 0 unspecified atom stereocenters. The van der Waals surface area contributed by atoms with E-state index in [0.29, 0.717) is 39.6 Å². The summed E-state index contributed by atoms with van der Waals surface area (Å²) in [7, 11) is 4.60. The number of halogens is 1. The van der Waals surface area contributed by atoms with E-state index >= 15 is 0 Å². The Labute approximate surface area is 161 Å². The number of hydrogen-bond acceptors (Lipinski definition) is 5. The van der Waals surface area contributed by atoms with Crippen molar-refractivity contribution in [2.24, 2.45) is 0 Å². The van der Waals surface area contributed by atoms with Crippen molar-refractivity contribution in [1.29, 1.82) is 0 Å². The van der Waals surface area contributed by atoms with Gasteiger partial charge in [-0.2, -0.15) is 0 Å².